The molecule has 0 spiro atoms. The number of ketones is 1. The average Bonchev–Trinajstić information content (AvgIpc) is 2.81. The molecule has 4 rings (SSSR count). The first-order valence-corrected chi connectivity index (χ1v) is 9.76. The largest absolute Gasteiger partial charge is 0.463 e. The number of hydrogen-bond donors (Lipinski definition) is 0. The number of allylic oxidation sites excluding steroid dienone is 2. The Labute approximate surface area is 145 Å². The van der Waals surface area contributed by atoms with E-state index in [0.717, 1.165) is 44.9 Å². The summed E-state index contributed by atoms with van der Waals surface area (Å²) in [5, 5.41) is 0. The van der Waals surface area contributed by atoms with Crippen LogP contribution in [0.3, 0.4) is 0 Å². The molecule has 3 fully saturated rings. The minimum absolute atomic E-state index is 0.0442. The van der Waals surface area contributed by atoms with Gasteiger partial charge in [0.15, 0.2) is 0 Å². The molecule has 0 bridgehead atoms. The Balaban J connectivity index is 1.63. The van der Waals surface area contributed by atoms with Crippen molar-refractivity contribution in [3.05, 3.63) is 11.1 Å². The van der Waals surface area contributed by atoms with Gasteiger partial charge in [-0.3, -0.25) is 9.59 Å². The zero-order chi connectivity index (χ0) is 17.1. The van der Waals surface area contributed by atoms with Gasteiger partial charge in [-0.2, -0.15) is 0 Å². The highest BCUT2D eigenvalue weighted by molar-refractivity contribution is 5.87. The fourth-order valence-corrected chi connectivity index (χ4v) is 6.59. The second kappa shape index (κ2) is 5.44. The third kappa shape index (κ3) is 2.30. The Morgan fingerprint density at radius 2 is 1.88 bits per heavy atom. The molecular formula is C21H30O3. The molecule has 0 saturated heterocycles. The van der Waals surface area contributed by atoms with Gasteiger partial charge in [0.1, 0.15) is 11.9 Å². The van der Waals surface area contributed by atoms with Crippen molar-refractivity contribution in [1.29, 1.82) is 0 Å². The summed E-state index contributed by atoms with van der Waals surface area (Å²) in [7, 11) is 0. The van der Waals surface area contributed by atoms with Crippen LogP contribution in [0.1, 0.15) is 78.6 Å². The molecule has 0 heterocycles. The van der Waals surface area contributed by atoms with Crippen LogP contribution in [-0.2, 0) is 14.3 Å². The lowest BCUT2D eigenvalue weighted by Crippen LogP contribution is -2.44. The molecule has 24 heavy (non-hydrogen) atoms. The van der Waals surface area contributed by atoms with E-state index in [1.54, 1.807) is 11.1 Å². The summed E-state index contributed by atoms with van der Waals surface area (Å²) in [5.41, 5.74) is 3.53. The van der Waals surface area contributed by atoms with Crippen LogP contribution in [0, 0.1) is 22.7 Å². The predicted molar refractivity (Wildman–Crippen MR) is 92.3 cm³/mol. The Morgan fingerprint density at radius 1 is 1.08 bits per heavy atom. The van der Waals surface area contributed by atoms with Crippen molar-refractivity contribution < 1.29 is 14.3 Å². The predicted octanol–water partition coefficient (Wildman–Crippen LogP) is 4.59. The number of Topliss-reactive ketones (excluding diaryl/α,β-unsaturated/α-hetero) is 1. The van der Waals surface area contributed by atoms with Gasteiger partial charge in [0.25, 0.3) is 0 Å². The Bertz CT molecular complexity index is 619. The van der Waals surface area contributed by atoms with Gasteiger partial charge in [0.05, 0.1) is 0 Å². The number of esters is 1. The monoisotopic (exact) mass is 330 g/mol. The van der Waals surface area contributed by atoms with Crippen LogP contribution in [-0.4, -0.2) is 17.9 Å². The number of carbonyl (C=O) groups excluding carboxylic acids is 2. The van der Waals surface area contributed by atoms with Crippen LogP contribution in [0.15, 0.2) is 11.1 Å². The first-order valence-electron chi connectivity index (χ1n) is 9.76. The van der Waals surface area contributed by atoms with E-state index < -0.39 is 0 Å². The third-order valence-corrected chi connectivity index (χ3v) is 7.84. The lowest BCUT2D eigenvalue weighted by Gasteiger charge is -2.52. The second-order valence-electron chi connectivity index (χ2n) is 9.17. The molecule has 132 valence electrons. The molecule has 4 aliphatic rings. The molecule has 5 atom stereocenters. The normalized spacial score (nSPS) is 44.6. The molecular weight excluding hydrogens is 300 g/mol. The standard InChI is InChI=1S/C21H30O3/c1-13(22)24-14-4-5-17-15-9-11-21(3)18(6-7-19(21)23)16(15)8-10-20(17,2)12-14/h14,16,18H,4-12H2,1-3H3/t14-,16+,18-,20+,21-/m0/s1. The van der Waals surface area contributed by atoms with Gasteiger partial charge in [-0.1, -0.05) is 25.0 Å². The van der Waals surface area contributed by atoms with E-state index in [1.165, 1.54) is 19.8 Å². The maximum atomic E-state index is 12.4. The van der Waals surface area contributed by atoms with Gasteiger partial charge in [-0.25, -0.2) is 0 Å². The quantitative estimate of drug-likeness (QED) is 0.521. The van der Waals surface area contributed by atoms with E-state index in [9.17, 15) is 9.59 Å². The maximum Gasteiger partial charge on any atom is 0.302 e. The van der Waals surface area contributed by atoms with E-state index in [0.29, 0.717) is 17.6 Å². The van der Waals surface area contributed by atoms with Crippen molar-refractivity contribution in [3.63, 3.8) is 0 Å². The molecule has 0 N–H and O–H groups in total. The van der Waals surface area contributed by atoms with Crippen molar-refractivity contribution >= 4 is 11.8 Å². The first kappa shape index (κ1) is 16.4. The molecule has 4 aliphatic carbocycles. The molecule has 3 heteroatoms. The second-order valence-corrected chi connectivity index (χ2v) is 9.17. The summed E-state index contributed by atoms with van der Waals surface area (Å²) in [4.78, 5) is 23.8. The summed E-state index contributed by atoms with van der Waals surface area (Å²) in [6.07, 6.45) is 9.61. The van der Waals surface area contributed by atoms with E-state index in [2.05, 4.69) is 13.8 Å². The Kier molecular flexibility index (Phi) is 3.71. The zero-order valence-corrected chi connectivity index (χ0v) is 15.3. The topological polar surface area (TPSA) is 43.4 Å². The van der Waals surface area contributed by atoms with Crippen LogP contribution >= 0.6 is 0 Å². The molecule has 0 unspecified atom stereocenters. The Morgan fingerprint density at radius 3 is 2.62 bits per heavy atom. The minimum atomic E-state index is -0.147. The van der Waals surface area contributed by atoms with Crippen molar-refractivity contribution in [2.75, 3.05) is 0 Å². The number of ether oxygens (including phenoxy) is 1. The van der Waals surface area contributed by atoms with Gasteiger partial charge in [0.2, 0.25) is 0 Å². The highest BCUT2D eigenvalue weighted by atomic mass is 16.5. The highest BCUT2D eigenvalue weighted by Gasteiger charge is 2.55. The number of rotatable bonds is 1. The summed E-state index contributed by atoms with van der Waals surface area (Å²) in [6, 6.07) is 0. The molecule has 3 saturated carbocycles. The van der Waals surface area contributed by atoms with Gasteiger partial charge in [0, 0.05) is 18.8 Å². The van der Waals surface area contributed by atoms with Crippen LogP contribution in [0.2, 0.25) is 0 Å². The van der Waals surface area contributed by atoms with Crippen LogP contribution in [0.4, 0.5) is 0 Å². The van der Waals surface area contributed by atoms with Gasteiger partial charge in [-0.15, -0.1) is 0 Å². The SMILES string of the molecule is CC(=O)O[C@H]1CCC2=C3CC[C@]4(C)C(=O)CC[C@H]4[C@@H]3CC[C@]2(C)C1. The molecule has 0 aromatic carbocycles. The van der Waals surface area contributed by atoms with Crippen LogP contribution in [0.25, 0.3) is 0 Å². The van der Waals surface area contributed by atoms with Gasteiger partial charge >= 0.3 is 5.97 Å². The third-order valence-electron chi connectivity index (χ3n) is 7.84. The van der Waals surface area contributed by atoms with Crippen molar-refractivity contribution in [3.8, 4) is 0 Å². The maximum absolute atomic E-state index is 12.4. The van der Waals surface area contributed by atoms with E-state index in [1.807, 2.05) is 0 Å². The number of fused-ring (bicyclic) bond motifs is 4. The van der Waals surface area contributed by atoms with Crippen molar-refractivity contribution in [2.45, 2.75) is 84.7 Å². The first-order chi connectivity index (χ1) is 11.3. The van der Waals surface area contributed by atoms with E-state index in [-0.39, 0.29) is 22.9 Å². The zero-order valence-electron chi connectivity index (χ0n) is 15.3. The van der Waals surface area contributed by atoms with E-state index >= 15 is 0 Å². The van der Waals surface area contributed by atoms with Gasteiger partial charge in [-0.05, 0) is 68.6 Å². The fraction of sp³-hybridized carbons (Fsp3) is 0.810. The minimum Gasteiger partial charge on any atom is -0.463 e. The molecule has 0 aromatic heterocycles. The summed E-state index contributed by atoms with van der Waals surface area (Å²) < 4.78 is 5.53. The number of hydrogen-bond acceptors (Lipinski definition) is 3. The van der Waals surface area contributed by atoms with Crippen LogP contribution < -0.4 is 0 Å². The molecule has 0 amide bonds. The van der Waals surface area contributed by atoms with E-state index in [4.69, 9.17) is 4.74 Å². The van der Waals surface area contributed by atoms with Crippen molar-refractivity contribution in [1.82, 2.24) is 0 Å². The number of carbonyl (C=O) groups is 2. The van der Waals surface area contributed by atoms with Gasteiger partial charge < -0.3 is 4.74 Å². The van der Waals surface area contributed by atoms with Crippen molar-refractivity contribution in [2.24, 2.45) is 22.7 Å². The highest BCUT2D eigenvalue weighted by Crippen LogP contribution is 2.61. The van der Waals surface area contributed by atoms with Crippen LogP contribution in [0.5, 0.6) is 0 Å². The molecule has 3 nitrogen and oxygen atoms in total. The summed E-state index contributed by atoms with van der Waals surface area (Å²) >= 11 is 0. The Hall–Kier alpha value is -1.12. The smallest absolute Gasteiger partial charge is 0.302 e. The summed E-state index contributed by atoms with van der Waals surface area (Å²) in [6.45, 7) is 6.14. The lowest BCUT2D eigenvalue weighted by atomic mass is 9.53. The molecule has 0 aromatic rings. The summed E-state index contributed by atoms with van der Waals surface area (Å²) in [5.74, 6) is 1.59. The average molecular weight is 330 g/mol. The fourth-order valence-electron chi connectivity index (χ4n) is 6.59. The molecule has 0 aliphatic heterocycles. The molecule has 0 radical (unpaired) electrons. The lowest BCUT2D eigenvalue weighted by molar-refractivity contribution is -0.149.